The molecule has 2 heteroatoms. The molecule has 2 aromatic rings. The van der Waals surface area contributed by atoms with Crippen LogP contribution in [0.1, 0.15) is 38.3 Å². The van der Waals surface area contributed by atoms with Gasteiger partial charge in [0.1, 0.15) is 0 Å². The lowest BCUT2D eigenvalue weighted by atomic mass is 9.99. The molecule has 2 atom stereocenters. The van der Waals surface area contributed by atoms with Crippen molar-refractivity contribution in [1.29, 1.82) is 0 Å². The summed E-state index contributed by atoms with van der Waals surface area (Å²) in [5.74, 6) is 0. The van der Waals surface area contributed by atoms with Crippen LogP contribution in [-0.4, -0.2) is 24.5 Å². The quantitative estimate of drug-likeness (QED) is 0.861. The van der Waals surface area contributed by atoms with Gasteiger partial charge < -0.3 is 5.73 Å². The van der Waals surface area contributed by atoms with E-state index in [0.29, 0.717) is 18.6 Å². The second-order valence-electron chi connectivity index (χ2n) is 5.66. The zero-order chi connectivity index (χ0) is 14.5. The minimum absolute atomic E-state index is 0.293. The third kappa shape index (κ3) is 3.20. The SMILES string of the molecule is CCCC(C)N(C)C(CN)c1ccc2ccccc2c1. The van der Waals surface area contributed by atoms with Gasteiger partial charge >= 0.3 is 0 Å². The lowest BCUT2D eigenvalue weighted by Crippen LogP contribution is -2.37. The number of fused-ring (bicyclic) bond motifs is 1. The first-order chi connectivity index (χ1) is 9.67. The van der Waals surface area contributed by atoms with Crippen LogP contribution in [0.3, 0.4) is 0 Å². The summed E-state index contributed by atoms with van der Waals surface area (Å²) >= 11 is 0. The fourth-order valence-corrected chi connectivity index (χ4v) is 2.88. The molecular formula is C18H26N2. The third-order valence-electron chi connectivity index (χ3n) is 4.27. The fraction of sp³-hybridized carbons (Fsp3) is 0.444. The maximum atomic E-state index is 6.04. The van der Waals surface area contributed by atoms with Crippen molar-refractivity contribution in [2.24, 2.45) is 5.73 Å². The van der Waals surface area contributed by atoms with Crippen LogP contribution >= 0.6 is 0 Å². The second-order valence-corrected chi connectivity index (χ2v) is 5.66. The van der Waals surface area contributed by atoms with E-state index in [-0.39, 0.29) is 0 Å². The molecule has 0 saturated heterocycles. The molecule has 2 rings (SSSR count). The number of likely N-dealkylation sites (N-methyl/N-ethyl adjacent to an activating group) is 1. The normalized spacial score (nSPS) is 14.7. The van der Waals surface area contributed by atoms with Crippen molar-refractivity contribution in [3.63, 3.8) is 0 Å². The van der Waals surface area contributed by atoms with Crippen LogP contribution in [0.2, 0.25) is 0 Å². The Morgan fingerprint density at radius 2 is 1.80 bits per heavy atom. The van der Waals surface area contributed by atoms with Crippen molar-refractivity contribution in [1.82, 2.24) is 4.90 Å². The zero-order valence-electron chi connectivity index (χ0n) is 12.8. The van der Waals surface area contributed by atoms with Gasteiger partial charge in [0.25, 0.3) is 0 Å². The van der Waals surface area contributed by atoms with Gasteiger partial charge in [-0.25, -0.2) is 0 Å². The van der Waals surface area contributed by atoms with E-state index in [1.54, 1.807) is 0 Å². The maximum absolute atomic E-state index is 6.04. The lowest BCUT2D eigenvalue weighted by molar-refractivity contribution is 0.180. The molecule has 0 aliphatic carbocycles. The predicted molar refractivity (Wildman–Crippen MR) is 87.9 cm³/mol. The van der Waals surface area contributed by atoms with Gasteiger partial charge in [0, 0.05) is 18.6 Å². The van der Waals surface area contributed by atoms with Crippen LogP contribution in [0.15, 0.2) is 42.5 Å². The number of benzene rings is 2. The van der Waals surface area contributed by atoms with E-state index in [4.69, 9.17) is 5.73 Å². The van der Waals surface area contributed by atoms with Gasteiger partial charge in [0.15, 0.2) is 0 Å². The molecule has 0 aliphatic rings. The molecule has 0 fully saturated rings. The summed E-state index contributed by atoms with van der Waals surface area (Å²) in [7, 11) is 2.19. The molecule has 108 valence electrons. The van der Waals surface area contributed by atoms with Crippen molar-refractivity contribution < 1.29 is 0 Å². The second kappa shape index (κ2) is 6.87. The first kappa shape index (κ1) is 15.0. The summed E-state index contributed by atoms with van der Waals surface area (Å²) in [5.41, 5.74) is 7.36. The Kier molecular flexibility index (Phi) is 5.16. The highest BCUT2D eigenvalue weighted by Crippen LogP contribution is 2.25. The molecule has 0 spiro atoms. The fourth-order valence-electron chi connectivity index (χ4n) is 2.88. The zero-order valence-corrected chi connectivity index (χ0v) is 12.8. The van der Waals surface area contributed by atoms with Crippen molar-refractivity contribution in [2.75, 3.05) is 13.6 Å². The molecular weight excluding hydrogens is 244 g/mol. The van der Waals surface area contributed by atoms with E-state index in [2.05, 4.69) is 68.3 Å². The molecule has 2 nitrogen and oxygen atoms in total. The summed E-state index contributed by atoms with van der Waals surface area (Å²) in [6.07, 6.45) is 2.42. The summed E-state index contributed by atoms with van der Waals surface area (Å²) in [5, 5.41) is 2.58. The monoisotopic (exact) mass is 270 g/mol. The third-order valence-corrected chi connectivity index (χ3v) is 4.27. The molecule has 20 heavy (non-hydrogen) atoms. The Bertz CT molecular complexity index is 550. The minimum atomic E-state index is 0.293. The molecule has 0 radical (unpaired) electrons. The van der Waals surface area contributed by atoms with E-state index in [1.807, 2.05) is 0 Å². The Balaban J connectivity index is 2.29. The lowest BCUT2D eigenvalue weighted by Gasteiger charge is -2.33. The van der Waals surface area contributed by atoms with Crippen molar-refractivity contribution in [3.8, 4) is 0 Å². The topological polar surface area (TPSA) is 29.3 Å². The van der Waals surface area contributed by atoms with Crippen LogP contribution in [0, 0.1) is 0 Å². The number of hydrogen-bond acceptors (Lipinski definition) is 2. The largest absolute Gasteiger partial charge is 0.329 e. The Hall–Kier alpha value is -1.38. The summed E-state index contributed by atoms with van der Waals surface area (Å²) in [6, 6.07) is 16.0. The molecule has 0 saturated carbocycles. The van der Waals surface area contributed by atoms with Crippen LogP contribution in [0.5, 0.6) is 0 Å². The van der Waals surface area contributed by atoms with Crippen LogP contribution in [0.25, 0.3) is 10.8 Å². The summed E-state index contributed by atoms with van der Waals surface area (Å²) in [6.45, 7) is 5.17. The molecule has 0 heterocycles. The number of nitrogens with zero attached hydrogens (tertiary/aromatic N) is 1. The van der Waals surface area contributed by atoms with Gasteiger partial charge in [0.2, 0.25) is 0 Å². The van der Waals surface area contributed by atoms with Crippen molar-refractivity contribution >= 4 is 10.8 Å². The molecule has 0 bridgehead atoms. The van der Waals surface area contributed by atoms with E-state index in [1.165, 1.54) is 29.2 Å². The summed E-state index contributed by atoms with van der Waals surface area (Å²) < 4.78 is 0. The highest BCUT2D eigenvalue weighted by atomic mass is 15.2. The average Bonchev–Trinajstić information content (AvgIpc) is 2.48. The van der Waals surface area contributed by atoms with E-state index in [9.17, 15) is 0 Å². The molecule has 2 N–H and O–H groups in total. The molecule has 0 amide bonds. The molecule has 0 aromatic heterocycles. The van der Waals surface area contributed by atoms with Gasteiger partial charge in [-0.15, -0.1) is 0 Å². The molecule has 2 aromatic carbocycles. The predicted octanol–water partition coefficient (Wildman–Crippen LogP) is 3.96. The van der Waals surface area contributed by atoms with E-state index in [0.717, 1.165) is 0 Å². The van der Waals surface area contributed by atoms with E-state index >= 15 is 0 Å². The highest BCUT2D eigenvalue weighted by molar-refractivity contribution is 5.83. The van der Waals surface area contributed by atoms with E-state index < -0.39 is 0 Å². The number of hydrogen-bond donors (Lipinski definition) is 1. The smallest absolute Gasteiger partial charge is 0.0470 e. The van der Waals surface area contributed by atoms with Gasteiger partial charge in [-0.3, -0.25) is 4.90 Å². The van der Waals surface area contributed by atoms with Gasteiger partial charge in [0.05, 0.1) is 0 Å². The highest BCUT2D eigenvalue weighted by Gasteiger charge is 2.19. The number of rotatable bonds is 6. The maximum Gasteiger partial charge on any atom is 0.0470 e. The van der Waals surface area contributed by atoms with Crippen molar-refractivity contribution in [3.05, 3.63) is 48.0 Å². The van der Waals surface area contributed by atoms with Crippen LogP contribution < -0.4 is 5.73 Å². The first-order valence-electron chi connectivity index (χ1n) is 7.58. The van der Waals surface area contributed by atoms with Crippen LogP contribution in [-0.2, 0) is 0 Å². The van der Waals surface area contributed by atoms with Gasteiger partial charge in [-0.1, -0.05) is 49.7 Å². The minimum Gasteiger partial charge on any atom is -0.329 e. The standard InChI is InChI=1S/C18H26N2/c1-4-7-14(2)20(3)18(13-19)17-11-10-15-8-5-6-9-16(15)12-17/h5-6,8-12,14,18H,4,7,13,19H2,1-3H3. The summed E-state index contributed by atoms with van der Waals surface area (Å²) in [4.78, 5) is 2.41. The Morgan fingerprint density at radius 1 is 1.10 bits per heavy atom. The molecule has 0 aliphatic heterocycles. The van der Waals surface area contributed by atoms with Gasteiger partial charge in [-0.05, 0) is 42.8 Å². The van der Waals surface area contributed by atoms with Crippen LogP contribution in [0.4, 0.5) is 0 Å². The molecule has 2 unspecified atom stereocenters. The van der Waals surface area contributed by atoms with Crippen molar-refractivity contribution in [2.45, 2.75) is 38.8 Å². The Labute approximate surface area is 122 Å². The number of nitrogens with two attached hydrogens (primary N) is 1. The van der Waals surface area contributed by atoms with Gasteiger partial charge in [-0.2, -0.15) is 0 Å². The average molecular weight is 270 g/mol. The Morgan fingerprint density at radius 3 is 2.45 bits per heavy atom. The first-order valence-corrected chi connectivity index (χ1v) is 7.58.